The Bertz CT molecular complexity index is 669. The standard InChI is InChI=1S/C20H27ClF3N3O/c21-17-7-6-15(20(22,23)24)12-18(17)26-19(28)25-16-8-10-27(11-9-16)13-14-4-2-1-3-5-14/h6-7,12,14,16H,1-5,8-11,13H2,(H2,25,26,28). The van der Waals surface area contributed by atoms with Crippen LogP contribution in [0.1, 0.15) is 50.5 Å². The lowest BCUT2D eigenvalue weighted by Gasteiger charge is -2.35. The number of carbonyl (C=O) groups excluding carboxylic acids is 1. The van der Waals surface area contributed by atoms with E-state index in [0.29, 0.717) is 0 Å². The monoisotopic (exact) mass is 417 g/mol. The summed E-state index contributed by atoms with van der Waals surface area (Å²) >= 11 is 5.93. The van der Waals surface area contributed by atoms with Crippen LogP contribution in [-0.2, 0) is 6.18 Å². The maximum absolute atomic E-state index is 12.8. The molecular weight excluding hydrogens is 391 g/mol. The van der Waals surface area contributed by atoms with Gasteiger partial charge in [-0.2, -0.15) is 13.2 Å². The van der Waals surface area contributed by atoms with Crippen LogP contribution in [0.4, 0.5) is 23.7 Å². The molecule has 1 heterocycles. The minimum Gasteiger partial charge on any atom is -0.335 e. The molecule has 0 bridgehead atoms. The number of piperidine rings is 1. The van der Waals surface area contributed by atoms with Crippen molar-refractivity contribution in [2.75, 3.05) is 25.0 Å². The second kappa shape index (κ2) is 9.35. The number of alkyl halides is 3. The average molecular weight is 418 g/mol. The van der Waals surface area contributed by atoms with E-state index in [0.717, 1.165) is 56.6 Å². The Balaban J connectivity index is 1.46. The van der Waals surface area contributed by atoms with E-state index in [2.05, 4.69) is 15.5 Å². The molecule has 1 saturated heterocycles. The zero-order valence-corrected chi connectivity index (χ0v) is 16.6. The van der Waals surface area contributed by atoms with Crippen molar-refractivity contribution in [1.29, 1.82) is 0 Å². The Hall–Kier alpha value is -1.47. The molecule has 2 N–H and O–H groups in total. The average Bonchev–Trinajstić information content (AvgIpc) is 2.65. The van der Waals surface area contributed by atoms with Crippen LogP contribution in [0.15, 0.2) is 18.2 Å². The molecule has 0 aromatic heterocycles. The zero-order valence-electron chi connectivity index (χ0n) is 15.8. The molecule has 8 heteroatoms. The summed E-state index contributed by atoms with van der Waals surface area (Å²) in [6.07, 6.45) is 3.86. The quantitative estimate of drug-likeness (QED) is 0.677. The molecule has 0 atom stereocenters. The van der Waals surface area contributed by atoms with Crippen molar-refractivity contribution in [3.05, 3.63) is 28.8 Å². The van der Waals surface area contributed by atoms with Crippen LogP contribution in [-0.4, -0.2) is 36.6 Å². The molecule has 2 fully saturated rings. The van der Waals surface area contributed by atoms with Gasteiger partial charge in [-0.25, -0.2) is 4.79 Å². The Morgan fingerprint density at radius 1 is 1.11 bits per heavy atom. The summed E-state index contributed by atoms with van der Waals surface area (Å²) < 4.78 is 38.5. The molecule has 3 rings (SSSR count). The number of hydrogen-bond acceptors (Lipinski definition) is 2. The van der Waals surface area contributed by atoms with Gasteiger partial charge in [0, 0.05) is 25.7 Å². The van der Waals surface area contributed by atoms with E-state index < -0.39 is 17.8 Å². The van der Waals surface area contributed by atoms with Crippen molar-refractivity contribution in [2.45, 2.75) is 57.2 Å². The van der Waals surface area contributed by atoms with Gasteiger partial charge < -0.3 is 15.5 Å². The van der Waals surface area contributed by atoms with Crippen LogP contribution >= 0.6 is 11.6 Å². The van der Waals surface area contributed by atoms with Gasteiger partial charge in [0.2, 0.25) is 0 Å². The first-order chi connectivity index (χ1) is 13.3. The fourth-order valence-corrected chi connectivity index (χ4v) is 4.30. The van der Waals surface area contributed by atoms with Gasteiger partial charge in [-0.05, 0) is 49.8 Å². The first-order valence-corrected chi connectivity index (χ1v) is 10.4. The van der Waals surface area contributed by atoms with Gasteiger partial charge in [-0.15, -0.1) is 0 Å². The molecule has 4 nitrogen and oxygen atoms in total. The minimum atomic E-state index is -4.48. The van der Waals surface area contributed by atoms with Gasteiger partial charge >= 0.3 is 12.2 Å². The molecule has 1 aromatic carbocycles. The lowest BCUT2D eigenvalue weighted by Crippen LogP contribution is -2.47. The minimum absolute atomic E-state index is 0.0205. The zero-order chi connectivity index (χ0) is 20.1. The largest absolute Gasteiger partial charge is 0.416 e. The highest BCUT2D eigenvalue weighted by Gasteiger charge is 2.31. The summed E-state index contributed by atoms with van der Waals surface area (Å²) in [7, 11) is 0. The molecule has 156 valence electrons. The summed E-state index contributed by atoms with van der Waals surface area (Å²) in [5, 5.41) is 5.39. The topological polar surface area (TPSA) is 44.4 Å². The number of rotatable bonds is 4. The second-order valence-corrected chi connectivity index (χ2v) is 8.28. The van der Waals surface area contributed by atoms with Gasteiger partial charge in [-0.1, -0.05) is 30.9 Å². The molecular formula is C20H27ClF3N3O. The van der Waals surface area contributed by atoms with Crippen LogP contribution in [0.25, 0.3) is 0 Å². The van der Waals surface area contributed by atoms with E-state index in [4.69, 9.17) is 11.6 Å². The van der Waals surface area contributed by atoms with Crippen LogP contribution in [0.3, 0.4) is 0 Å². The number of halogens is 4. The molecule has 1 aromatic rings. The Morgan fingerprint density at radius 3 is 2.43 bits per heavy atom. The van der Waals surface area contributed by atoms with Gasteiger partial charge in [0.25, 0.3) is 0 Å². The number of carbonyl (C=O) groups is 1. The summed E-state index contributed by atoms with van der Waals surface area (Å²) in [6.45, 7) is 3.01. The van der Waals surface area contributed by atoms with Crippen molar-refractivity contribution in [1.82, 2.24) is 10.2 Å². The number of benzene rings is 1. The highest BCUT2D eigenvalue weighted by molar-refractivity contribution is 6.33. The number of nitrogens with zero attached hydrogens (tertiary/aromatic N) is 1. The van der Waals surface area contributed by atoms with Crippen molar-refractivity contribution in [3.63, 3.8) is 0 Å². The van der Waals surface area contributed by atoms with Crippen molar-refractivity contribution in [2.24, 2.45) is 5.92 Å². The predicted molar refractivity (Wildman–Crippen MR) is 105 cm³/mol. The van der Waals surface area contributed by atoms with E-state index in [1.807, 2.05) is 0 Å². The van der Waals surface area contributed by atoms with Gasteiger partial charge in [0.1, 0.15) is 0 Å². The van der Waals surface area contributed by atoms with Crippen LogP contribution in [0.5, 0.6) is 0 Å². The molecule has 0 spiro atoms. The third kappa shape index (κ3) is 6.01. The van der Waals surface area contributed by atoms with Crippen LogP contribution < -0.4 is 10.6 Å². The van der Waals surface area contributed by atoms with E-state index in [1.54, 1.807) is 0 Å². The smallest absolute Gasteiger partial charge is 0.335 e. The normalized spacial score (nSPS) is 20.1. The Labute approximate surface area is 168 Å². The molecule has 2 amide bonds. The lowest BCUT2D eigenvalue weighted by atomic mass is 9.88. The summed E-state index contributed by atoms with van der Waals surface area (Å²) in [5.41, 5.74) is -0.882. The third-order valence-corrected chi connectivity index (χ3v) is 6.04. The van der Waals surface area contributed by atoms with Crippen molar-refractivity contribution < 1.29 is 18.0 Å². The number of hydrogen-bond donors (Lipinski definition) is 2. The fraction of sp³-hybridized carbons (Fsp3) is 0.650. The van der Waals surface area contributed by atoms with Gasteiger partial charge in [-0.3, -0.25) is 0 Å². The van der Waals surface area contributed by atoms with Crippen molar-refractivity contribution >= 4 is 23.3 Å². The summed E-state index contributed by atoms with van der Waals surface area (Å²) in [6, 6.07) is 2.39. The molecule has 1 aliphatic carbocycles. The number of anilines is 1. The Kier molecular flexibility index (Phi) is 7.10. The Morgan fingerprint density at radius 2 is 1.79 bits per heavy atom. The molecule has 0 unspecified atom stereocenters. The number of amides is 2. The van der Waals surface area contributed by atoms with Gasteiger partial charge in [0.15, 0.2) is 0 Å². The third-order valence-electron chi connectivity index (χ3n) is 5.71. The maximum Gasteiger partial charge on any atom is 0.416 e. The number of urea groups is 1. The van der Waals surface area contributed by atoms with Crippen LogP contribution in [0.2, 0.25) is 5.02 Å². The van der Waals surface area contributed by atoms with E-state index >= 15 is 0 Å². The lowest BCUT2D eigenvalue weighted by molar-refractivity contribution is -0.137. The van der Waals surface area contributed by atoms with Gasteiger partial charge in [0.05, 0.1) is 16.3 Å². The maximum atomic E-state index is 12.8. The molecule has 1 saturated carbocycles. The van der Waals surface area contributed by atoms with Crippen LogP contribution in [0, 0.1) is 5.92 Å². The number of likely N-dealkylation sites (tertiary alicyclic amines) is 1. The highest BCUT2D eigenvalue weighted by atomic mass is 35.5. The second-order valence-electron chi connectivity index (χ2n) is 7.87. The van der Waals surface area contributed by atoms with E-state index in [1.165, 1.54) is 32.1 Å². The summed E-state index contributed by atoms with van der Waals surface area (Å²) in [5.74, 6) is 0.796. The first-order valence-electron chi connectivity index (χ1n) is 9.98. The van der Waals surface area contributed by atoms with Crippen molar-refractivity contribution in [3.8, 4) is 0 Å². The number of nitrogens with one attached hydrogen (secondary N) is 2. The van der Waals surface area contributed by atoms with E-state index in [9.17, 15) is 18.0 Å². The SMILES string of the molecule is O=C(Nc1cc(C(F)(F)F)ccc1Cl)NC1CCN(CC2CCCCC2)CC1. The first kappa shape index (κ1) is 21.2. The fourth-order valence-electron chi connectivity index (χ4n) is 4.14. The molecule has 1 aliphatic heterocycles. The summed E-state index contributed by atoms with van der Waals surface area (Å²) in [4.78, 5) is 14.7. The predicted octanol–water partition coefficient (Wildman–Crippen LogP) is 5.53. The molecule has 28 heavy (non-hydrogen) atoms. The van der Waals surface area contributed by atoms with E-state index in [-0.39, 0.29) is 16.8 Å². The highest BCUT2D eigenvalue weighted by Crippen LogP contribution is 2.33. The molecule has 0 radical (unpaired) electrons. The molecule has 2 aliphatic rings.